The van der Waals surface area contributed by atoms with Crippen LogP contribution >= 0.6 is 0 Å². The van der Waals surface area contributed by atoms with Crippen LogP contribution in [0.4, 0.5) is 0 Å². The smallest absolute Gasteiger partial charge is 0.266 e. The topological polar surface area (TPSA) is 101 Å². The number of aromatic amines is 1. The molecule has 0 saturated heterocycles. The van der Waals surface area contributed by atoms with Gasteiger partial charge in [-0.05, 0) is 76.8 Å². The van der Waals surface area contributed by atoms with Crippen molar-refractivity contribution < 1.29 is 4.79 Å². The number of aromatic nitrogens is 4. The Kier molecular flexibility index (Phi) is 9.61. The quantitative estimate of drug-likeness (QED) is 0.255. The first-order valence-electron chi connectivity index (χ1n) is 14.2. The molecular weight excluding hydrogens is 510 g/mol. The summed E-state index contributed by atoms with van der Waals surface area (Å²) in [6.45, 7) is 13.7. The molecule has 41 heavy (non-hydrogen) atoms. The number of amides is 1. The van der Waals surface area contributed by atoms with Crippen LogP contribution < -0.4 is 10.9 Å². The number of carbonyl (C=O) groups is 1. The number of nitrogens with zero attached hydrogens (tertiary/aromatic N) is 3. The van der Waals surface area contributed by atoms with Gasteiger partial charge in [-0.25, -0.2) is 4.98 Å². The van der Waals surface area contributed by atoms with Crippen LogP contribution in [-0.2, 0) is 6.42 Å². The molecule has 0 fully saturated rings. The summed E-state index contributed by atoms with van der Waals surface area (Å²) in [5, 5.41) is 2.87. The molecule has 0 saturated carbocycles. The van der Waals surface area contributed by atoms with Crippen molar-refractivity contribution in [1.82, 2.24) is 25.3 Å². The lowest BCUT2D eigenvalue weighted by molar-refractivity contribution is 0.0946. The number of H-pyrrole nitrogens is 1. The second-order valence-corrected chi connectivity index (χ2v) is 11.2. The van der Waals surface area contributed by atoms with Crippen molar-refractivity contribution in [2.24, 2.45) is 0 Å². The van der Waals surface area contributed by atoms with E-state index in [2.05, 4.69) is 91.1 Å². The van der Waals surface area contributed by atoms with Gasteiger partial charge in [-0.15, -0.1) is 0 Å². The molecule has 0 unspecified atom stereocenters. The van der Waals surface area contributed by atoms with E-state index < -0.39 is 0 Å². The summed E-state index contributed by atoms with van der Waals surface area (Å²) in [7, 11) is 0. The summed E-state index contributed by atoms with van der Waals surface area (Å²) in [5.41, 5.74) is 9.23. The minimum atomic E-state index is -0.154. The largest absolute Gasteiger partial charge is 0.352 e. The molecule has 3 aromatic carbocycles. The highest BCUT2D eigenvalue weighted by Gasteiger charge is 2.17. The fraction of sp³-hybridized carbons (Fsp3) is 0.324. The van der Waals surface area contributed by atoms with Crippen molar-refractivity contribution in [2.75, 3.05) is 6.54 Å². The van der Waals surface area contributed by atoms with Crippen LogP contribution in [0.25, 0.3) is 22.1 Å². The van der Waals surface area contributed by atoms with Crippen LogP contribution in [-0.4, -0.2) is 32.4 Å². The zero-order chi connectivity index (χ0) is 29.5. The minimum absolute atomic E-state index is 0.0775. The fourth-order valence-corrected chi connectivity index (χ4v) is 4.55. The van der Waals surface area contributed by atoms with E-state index in [1.54, 1.807) is 12.4 Å². The van der Waals surface area contributed by atoms with E-state index in [0.29, 0.717) is 17.8 Å². The Morgan fingerprint density at radius 2 is 1.24 bits per heavy atom. The Morgan fingerprint density at radius 1 is 0.659 bits per heavy atom. The highest BCUT2D eigenvalue weighted by Crippen LogP contribution is 2.21. The van der Waals surface area contributed by atoms with Crippen LogP contribution in [0.5, 0.6) is 0 Å². The average molecular weight is 550 g/mol. The minimum Gasteiger partial charge on any atom is -0.352 e. The average Bonchev–Trinajstić information content (AvgIpc) is 2.97. The first-order chi connectivity index (χ1) is 19.6. The Hall–Kier alpha value is -4.39. The number of carbonyl (C=O) groups excluding carboxylic acids is 1. The standard InChI is InChI=1S/C12H15NO.C11H12N2O.C11H12N2/c1-8(2)10-4-3-9-5-6-13-12(14)11(9)7-10;1-7(2)8-3-4-9-10(5-8)13-11(14)6-12-9;1-8(2)9-3-4-10-11(7-9)13-6-5-12-10/h3-4,7-8H,5-6H2,1-2H3,(H,13,14);3-7H,1-2H3,(H,13,14);3-8H,1-2H3. The Bertz CT molecular complexity index is 1710. The van der Waals surface area contributed by atoms with Gasteiger partial charge in [0, 0.05) is 24.5 Å². The van der Waals surface area contributed by atoms with Crippen molar-refractivity contribution in [2.45, 2.75) is 65.7 Å². The van der Waals surface area contributed by atoms with Gasteiger partial charge >= 0.3 is 0 Å². The summed E-state index contributed by atoms with van der Waals surface area (Å²) in [6, 6.07) is 18.4. The van der Waals surface area contributed by atoms with Gasteiger partial charge in [-0.3, -0.25) is 19.6 Å². The van der Waals surface area contributed by atoms with Crippen molar-refractivity contribution in [1.29, 1.82) is 0 Å². The molecule has 1 aliphatic heterocycles. The Morgan fingerprint density at radius 3 is 1.93 bits per heavy atom. The van der Waals surface area contributed by atoms with Gasteiger partial charge < -0.3 is 10.3 Å². The summed E-state index contributed by atoms with van der Waals surface area (Å²) >= 11 is 0. The van der Waals surface area contributed by atoms with Crippen molar-refractivity contribution in [3.63, 3.8) is 0 Å². The van der Waals surface area contributed by atoms with Crippen LogP contribution in [0, 0.1) is 0 Å². The maximum atomic E-state index is 11.5. The van der Waals surface area contributed by atoms with Gasteiger partial charge in [0.1, 0.15) is 0 Å². The van der Waals surface area contributed by atoms with Gasteiger partial charge in [0.15, 0.2) is 0 Å². The van der Waals surface area contributed by atoms with Crippen LogP contribution in [0.2, 0.25) is 0 Å². The molecule has 0 atom stereocenters. The molecule has 0 radical (unpaired) electrons. The lowest BCUT2D eigenvalue weighted by Gasteiger charge is -2.18. The molecule has 3 heterocycles. The first kappa shape index (κ1) is 29.6. The second-order valence-electron chi connectivity index (χ2n) is 11.2. The zero-order valence-electron chi connectivity index (χ0n) is 24.7. The molecule has 5 aromatic rings. The number of benzene rings is 3. The van der Waals surface area contributed by atoms with E-state index in [4.69, 9.17) is 0 Å². The van der Waals surface area contributed by atoms with E-state index in [-0.39, 0.29) is 11.5 Å². The molecule has 1 amide bonds. The monoisotopic (exact) mass is 549 g/mol. The lowest BCUT2D eigenvalue weighted by Crippen LogP contribution is -2.31. The second kappa shape index (κ2) is 13.3. The first-order valence-corrected chi connectivity index (χ1v) is 14.2. The molecule has 6 rings (SSSR count). The molecule has 0 aliphatic carbocycles. The predicted molar refractivity (Wildman–Crippen MR) is 167 cm³/mol. The molecular formula is C34H39N5O2. The highest BCUT2D eigenvalue weighted by atomic mass is 16.1. The number of hydrogen-bond donors (Lipinski definition) is 2. The number of nitrogens with one attached hydrogen (secondary N) is 2. The van der Waals surface area contributed by atoms with Crippen LogP contribution in [0.15, 0.2) is 78.0 Å². The van der Waals surface area contributed by atoms with Gasteiger partial charge in [-0.1, -0.05) is 65.8 Å². The van der Waals surface area contributed by atoms with Crippen LogP contribution in [0.1, 0.15) is 91.9 Å². The van der Waals surface area contributed by atoms with Gasteiger partial charge in [-0.2, -0.15) is 0 Å². The van der Waals surface area contributed by atoms with E-state index >= 15 is 0 Å². The van der Waals surface area contributed by atoms with E-state index in [1.165, 1.54) is 28.5 Å². The summed E-state index contributed by atoms with van der Waals surface area (Å²) in [5.74, 6) is 1.57. The number of rotatable bonds is 3. The van der Waals surface area contributed by atoms with Gasteiger partial charge in [0.2, 0.25) is 0 Å². The maximum absolute atomic E-state index is 11.5. The van der Waals surface area contributed by atoms with E-state index in [1.807, 2.05) is 30.3 Å². The molecule has 212 valence electrons. The maximum Gasteiger partial charge on any atom is 0.266 e. The normalized spacial score (nSPS) is 12.5. The van der Waals surface area contributed by atoms with E-state index in [9.17, 15) is 9.59 Å². The highest BCUT2D eigenvalue weighted by molar-refractivity contribution is 5.96. The molecule has 7 nitrogen and oxygen atoms in total. The Balaban J connectivity index is 0.000000142. The third kappa shape index (κ3) is 7.63. The summed E-state index contributed by atoms with van der Waals surface area (Å²) in [6.07, 6.45) is 5.71. The van der Waals surface area contributed by atoms with E-state index in [0.717, 1.165) is 40.6 Å². The molecule has 7 heteroatoms. The summed E-state index contributed by atoms with van der Waals surface area (Å²) in [4.78, 5) is 37.9. The molecule has 2 aromatic heterocycles. The number of fused-ring (bicyclic) bond motifs is 3. The van der Waals surface area contributed by atoms with Crippen LogP contribution in [0.3, 0.4) is 0 Å². The number of hydrogen-bond acceptors (Lipinski definition) is 5. The third-order valence-corrected chi connectivity index (χ3v) is 7.15. The molecule has 1 aliphatic rings. The predicted octanol–water partition coefficient (Wildman–Crippen LogP) is 6.90. The Labute approximate surface area is 241 Å². The molecule has 0 spiro atoms. The molecule has 2 N–H and O–H groups in total. The van der Waals surface area contributed by atoms with Crippen molar-refractivity contribution >= 4 is 28.0 Å². The SMILES string of the molecule is CC(C)c1ccc2c(c1)C(=O)NCC2.CC(C)c1ccc2ncc(=O)[nH]c2c1.CC(C)c1ccc2nccnc2c1. The lowest BCUT2D eigenvalue weighted by atomic mass is 9.94. The summed E-state index contributed by atoms with van der Waals surface area (Å²) < 4.78 is 0. The van der Waals surface area contributed by atoms with Gasteiger partial charge in [0.05, 0.1) is 28.3 Å². The third-order valence-electron chi connectivity index (χ3n) is 7.15. The van der Waals surface area contributed by atoms with Crippen molar-refractivity contribution in [3.05, 3.63) is 111 Å². The van der Waals surface area contributed by atoms with Gasteiger partial charge in [0.25, 0.3) is 11.5 Å². The zero-order valence-corrected chi connectivity index (χ0v) is 24.7. The van der Waals surface area contributed by atoms with Crippen molar-refractivity contribution in [3.8, 4) is 0 Å². The fourth-order valence-electron chi connectivity index (χ4n) is 4.55. The molecule has 0 bridgehead atoms.